The van der Waals surface area contributed by atoms with Crippen molar-refractivity contribution in [2.24, 2.45) is 0 Å². The summed E-state index contributed by atoms with van der Waals surface area (Å²) >= 11 is 0. The van der Waals surface area contributed by atoms with E-state index in [-0.39, 0.29) is 0 Å². The third-order valence-electron chi connectivity index (χ3n) is 1.75. The quantitative estimate of drug-likeness (QED) is 0.545. The fraction of sp³-hybridized carbons (Fsp3) is 0. The fourth-order valence-corrected chi connectivity index (χ4v) is 1.12. The summed E-state index contributed by atoms with van der Waals surface area (Å²) in [5.41, 5.74) is 0.704. The van der Waals surface area contributed by atoms with Crippen molar-refractivity contribution >= 4 is 12.4 Å². The number of carbonyl (C=O) groups is 1. The Bertz CT molecular complexity index is 476. The van der Waals surface area contributed by atoms with Crippen LogP contribution in [0.2, 0.25) is 0 Å². The van der Waals surface area contributed by atoms with Crippen molar-refractivity contribution in [2.45, 2.75) is 0 Å². The van der Waals surface area contributed by atoms with Gasteiger partial charge in [0.25, 0.3) is 0 Å². The van der Waals surface area contributed by atoms with Crippen LogP contribution in [0.25, 0.3) is 11.9 Å². The molecule has 0 N–H and O–H groups in total. The van der Waals surface area contributed by atoms with Gasteiger partial charge in [0.2, 0.25) is 0 Å². The van der Waals surface area contributed by atoms with Gasteiger partial charge in [-0.2, -0.15) is 5.10 Å². The summed E-state index contributed by atoms with van der Waals surface area (Å²) in [4.78, 5) is 18.2. The summed E-state index contributed by atoms with van der Waals surface area (Å²) in [7, 11) is 0. The van der Waals surface area contributed by atoms with Gasteiger partial charge in [-0.05, 0) is 24.3 Å². The van der Waals surface area contributed by atoms with Crippen LogP contribution in [-0.2, 0) is 4.79 Å². The minimum atomic E-state index is 0.667. The van der Waals surface area contributed by atoms with E-state index in [9.17, 15) is 4.79 Å². The van der Waals surface area contributed by atoms with Crippen LogP contribution in [0.15, 0.2) is 36.9 Å². The van der Waals surface area contributed by atoms with Crippen molar-refractivity contribution in [1.82, 2.24) is 19.7 Å². The average molecular weight is 200 g/mol. The molecular weight excluding hydrogens is 192 g/mol. The maximum Gasteiger partial charge on any atom is 0.155 e. The fourth-order valence-electron chi connectivity index (χ4n) is 1.12. The molecule has 0 atom stereocenters. The molecule has 2 aromatic rings. The Morgan fingerprint density at radius 3 is 3.00 bits per heavy atom. The first-order chi connectivity index (χ1) is 7.40. The van der Waals surface area contributed by atoms with Gasteiger partial charge in [-0.25, -0.2) is 14.6 Å². The second kappa shape index (κ2) is 4.28. The zero-order chi connectivity index (χ0) is 10.5. The van der Waals surface area contributed by atoms with Gasteiger partial charge in [-0.15, -0.1) is 0 Å². The molecule has 0 bridgehead atoms. The second-order valence-electron chi connectivity index (χ2n) is 2.76. The zero-order valence-corrected chi connectivity index (χ0v) is 7.82. The number of pyridine rings is 1. The normalized spacial score (nSPS) is 10.7. The summed E-state index contributed by atoms with van der Waals surface area (Å²) in [5.74, 6) is 0.667. The van der Waals surface area contributed by atoms with Gasteiger partial charge in [-0.3, -0.25) is 4.79 Å². The standard InChI is InChI=1S/C10H8N4O/c15-6-2-4-9-3-1-5-10(13-9)14-8-11-7-12-14/h1-8H/b4-2+. The number of carbonyl (C=O) groups excluding carboxylic acids is 1. The van der Waals surface area contributed by atoms with Gasteiger partial charge < -0.3 is 0 Å². The molecule has 0 amide bonds. The minimum absolute atomic E-state index is 0.667. The highest BCUT2D eigenvalue weighted by molar-refractivity contribution is 5.73. The van der Waals surface area contributed by atoms with Crippen molar-refractivity contribution in [3.8, 4) is 5.82 Å². The van der Waals surface area contributed by atoms with Crippen molar-refractivity contribution in [3.63, 3.8) is 0 Å². The molecular formula is C10H8N4O. The molecule has 5 heteroatoms. The number of hydrogen-bond donors (Lipinski definition) is 0. The summed E-state index contributed by atoms with van der Waals surface area (Å²) in [6.45, 7) is 0. The first-order valence-corrected chi connectivity index (χ1v) is 4.34. The number of aromatic nitrogens is 4. The molecule has 2 heterocycles. The van der Waals surface area contributed by atoms with Gasteiger partial charge in [0, 0.05) is 0 Å². The topological polar surface area (TPSA) is 60.7 Å². The highest BCUT2D eigenvalue weighted by Crippen LogP contribution is 2.04. The maximum absolute atomic E-state index is 10.1. The Labute approximate surface area is 86.1 Å². The molecule has 0 aliphatic heterocycles. The van der Waals surface area contributed by atoms with E-state index in [0.29, 0.717) is 17.8 Å². The maximum atomic E-state index is 10.1. The predicted octanol–water partition coefficient (Wildman–Crippen LogP) is 0.874. The van der Waals surface area contributed by atoms with Crippen LogP contribution >= 0.6 is 0 Å². The smallest absolute Gasteiger partial charge is 0.155 e. The van der Waals surface area contributed by atoms with Crippen LogP contribution in [0.1, 0.15) is 5.69 Å². The van der Waals surface area contributed by atoms with E-state index in [1.54, 1.807) is 23.2 Å². The van der Waals surface area contributed by atoms with Crippen LogP contribution in [0, 0.1) is 0 Å². The number of hydrogen-bond acceptors (Lipinski definition) is 4. The zero-order valence-electron chi connectivity index (χ0n) is 7.82. The van der Waals surface area contributed by atoms with E-state index in [4.69, 9.17) is 0 Å². The van der Waals surface area contributed by atoms with E-state index in [2.05, 4.69) is 15.1 Å². The average Bonchev–Trinajstić information content (AvgIpc) is 2.80. The third kappa shape index (κ3) is 2.14. The molecule has 0 aliphatic rings. The molecule has 0 aliphatic carbocycles. The minimum Gasteiger partial charge on any atom is -0.299 e. The lowest BCUT2D eigenvalue weighted by Crippen LogP contribution is -1.98. The molecule has 0 radical (unpaired) electrons. The van der Waals surface area contributed by atoms with Gasteiger partial charge in [-0.1, -0.05) is 6.07 Å². The van der Waals surface area contributed by atoms with E-state index >= 15 is 0 Å². The molecule has 0 spiro atoms. The Kier molecular flexibility index (Phi) is 2.64. The largest absolute Gasteiger partial charge is 0.299 e. The lowest BCUT2D eigenvalue weighted by atomic mass is 10.3. The summed E-state index contributed by atoms with van der Waals surface area (Å²) in [6, 6.07) is 5.46. The number of nitrogens with zero attached hydrogens (tertiary/aromatic N) is 4. The lowest BCUT2D eigenvalue weighted by molar-refractivity contribution is -0.104. The van der Waals surface area contributed by atoms with Crippen LogP contribution in [-0.4, -0.2) is 26.0 Å². The van der Waals surface area contributed by atoms with Gasteiger partial charge in [0.15, 0.2) is 5.82 Å². The van der Waals surface area contributed by atoms with E-state index in [0.717, 1.165) is 0 Å². The van der Waals surface area contributed by atoms with E-state index in [1.807, 2.05) is 12.1 Å². The van der Waals surface area contributed by atoms with E-state index < -0.39 is 0 Å². The molecule has 2 aromatic heterocycles. The van der Waals surface area contributed by atoms with E-state index in [1.165, 1.54) is 12.4 Å². The predicted molar refractivity (Wildman–Crippen MR) is 54.3 cm³/mol. The van der Waals surface area contributed by atoms with Gasteiger partial charge >= 0.3 is 0 Å². The first-order valence-electron chi connectivity index (χ1n) is 4.34. The first kappa shape index (κ1) is 9.26. The molecule has 0 aromatic carbocycles. The number of aldehydes is 1. The summed E-state index contributed by atoms with van der Waals surface area (Å²) in [6.07, 6.45) is 6.75. The van der Waals surface area contributed by atoms with Crippen LogP contribution < -0.4 is 0 Å². The SMILES string of the molecule is O=C/C=C/c1cccc(-n2cncn2)n1. The Morgan fingerprint density at radius 1 is 1.33 bits per heavy atom. The molecule has 5 nitrogen and oxygen atoms in total. The summed E-state index contributed by atoms with van der Waals surface area (Å²) in [5, 5.41) is 3.96. The molecule has 2 rings (SSSR count). The lowest BCUT2D eigenvalue weighted by Gasteiger charge is -1.99. The van der Waals surface area contributed by atoms with Crippen molar-refractivity contribution in [2.75, 3.05) is 0 Å². The highest BCUT2D eigenvalue weighted by atomic mass is 16.1. The molecule has 0 saturated carbocycles. The van der Waals surface area contributed by atoms with Crippen molar-refractivity contribution in [3.05, 3.63) is 42.6 Å². The van der Waals surface area contributed by atoms with Crippen LogP contribution in [0.4, 0.5) is 0 Å². The van der Waals surface area contributed by atoms with Crippen molar-refractivity contribution in [1.29, 1.82) is 0 Å². The van der Waals surface area contributed by atoms with Crippen LogP contribution in [0.3, 0.4) is 0 Å². The molecule has 74 valence electrons. The third-order valence-corrected chi connectivity index (χ3v) is 1.75. The van der Waals surface area contributed by atoms with Gasteiger partial charge in [0.05, 0.1) is 5.69 Å². The van der Waals surface area contributed by atoms with Gasteiger partial charge in [0.1, 0.15) is 18.9 Å². The second-order valence-corrected chi connectivity index (χ2v) is 2.76. The molecule has 0 fully saturated rings. The Morgan fingerprint density at radius 2 is 2.27 bits per heavy atom. The molecule has 0 unspecified atom stereocenters. The monoisotopic (exact) mass is 200 g/mol. The summed E-state index contributed by atoms with van der Waals surface area (Å²) < 4.78 is 1.55. The Hall–Kier alpha value is -2.30. The highest BCUT2D eigenvalue weighted by Gasteiger charge is 1.97. The van der Waals surface area contributed by atoms with Crippen LogP contribution in [0.5, 0.6) is 0 Å². The Balaban J connectivity index is 2.34. The number of allylic oxidation sites excluding steroid dienone is 1. The van der Waals surface area contributed by atoms with Crippen molar-refractivity contribution < 1.29 is 4.79 Å². The molecule has 15 heavy (non-hydrogen) atoms. The molecule has 0 saturated heterocycles. The number of rotatable bonds is 3.